The molecule has 1 amide bonds. The fraction of sp³-hybridized carbons (Fsp3) is 0.280. The van der Waals surface area contributed by atoms with Gasteiger partial charge in [0.15, 0.2) is 4.34 Å². The summed E-state index contributed by atoms with van der Waals surface area (Å²) in [5.41, 5.74) is 3.46. The number of benzene rings is 2. The molecule has 4 rings (SSSR count). The smallest absolute Gasteiger partial charge is 0.301 e. The lowest BCUT2D eigenvalue weighted by atomic mass is 9.94. The van der Waals surface area contributed by atoms with Crippen LogP contribution >= 0.6 is 23.1 Å². The lowest BCUT2D eigenvalue weighted by Gasteiger charge is -2.22. The zero-order valence-corrected chi connectivity index (χ0v) is 20.4. The number of anilines is 1. The maximum absolute atomic E-state index is 13.2. The Balaban J connectivity index is 1.85. The molecule has 2 heterocycles. The van der Waals surface area contributed by atoms with Gasteiger partial charge in [-0.25, -0.2) is 0 Å². The number of hydrogen-bond donors (Lipinski definition) is 1. The number of aliphatic hydroxyl groups excluding tert-OH is 1. The van der Waals surface area contributed by atoms with Gasteiger partial charge in [0.25, 0.3) is 5.78 Å². The van der Waals surface area contributed by atoms with Gasteiger partial charge in [-0.3, -0.25) is 14.5 Å². The van der Waals surface area contributed by atoms with Gasteiger partial charge in [0.05, 0.1) is 11.6 Å². The van der Waals surface area contributed by atoms with Crippen molar-refractivity contribution in [2.75, 3.05) is 10.7 Å². The number of carbonyl (C=O) groups is 2. The van der Waals surface area contributed by atoms with Gasteiger partial charge in [0.1, 0.15) is 5.76 Å². The molecule has 1 N–H and O–H groups in total. The molecule has 6 nitrogen and oxygen atoms in total. The van der Waals surface area contributed by atoms with Crippen molar-refractivity contribution in [3.63, 3.8) is 0 Å². The van der Waals surface area contributed by atoms with Crippen LogP contribution in [0.25, 0.3) is 5.76 Å². The summed E-state index contributed by atoms with van der Waals surface area (Å²) in [5, 5.41) is 19.9. The third kappa shape index (κ3) is 4.58. The van der Waals surface area contributed by atoms with E-state index in [0.717, 1.165) is 39.6 Å². The Bertz CT molecular complexity index is 1200. The second-order valence-electron chi connectivity index (χ2n) is 7.83. The lowest BCUT2D eigenvalue weighted by Crippen LogP contribution is -2.29. The Morgan fingerprint density at radius 2 is 1.76 bits per heavy atom. The molecule has 1 unspecified atom stereocenters. The first-order chi connectivity index (χ1) is 15.9. The number of nitrogens with zero attached hydrogens (tertiary/aromatic N) is 3. The molecule has 1 aliphatic heterocycles. The molecule has 0 radical (unpaired) electrons. The number of aromatic nitrogens is 2. The molecule has 33 heavy (non-hydrogen) atoms. The summed E-state index contributed by atoms with van der Waals surface area (Å²) >= 11 is 2.85. The summed E-state index contributed by atoms with van der Waals surface area (Å²) in [6.45, 7) is 6.09. The van der Waals surface area contributed by atoms with Crippen LogP contribution in [0.4, 0.5) is 5.13 Å². The van der Waals surface area contributed by atoms with Crippen LogP contribution in [-0.2, 0) is 16.0 Å². The van der Waals surface area contributed by atoms with Crippen LogP contribution in [0, 0.1) is 6.92 Å². The first-order valence-corrected chi connectivity index (χ1v) is 12.7. The molecule has 170 valence electrons. The van der Waals surface area contributed by atoms with Crippen molar-refractivity contribution < 1.29 is 14.7 Å². The van der Waals surface area contributed by atoms with Crippen molar-refractivity contribution in [2.45, 2.75) is 44.0 Å². The minimum absolute atomic E-state index is 0.0612. The summed E-state index contributed by atoms with van der Waals surface area (Å²) in [4.78, 5) is 27.8. The lowest BCUT2D eigenvalue weighted by molar-refractivity contribution is -0.132. The van der Waals surface area contributed by atoms with Gasteiger partial charge >= 0.3 is 5.91 Å². The molecule has 1 aromatic heterocycles. The van der Waals surface area contributed by atoms with Crippen LogP contribution in [0.1, 0.15) is 48.6 Å². The normalized spacial score (nSPS) is 17.7. The average molecular weight is 480 g/mol. The molecular formula is C25H25N3O3S2. The Labute approximate surface area is 201 Å². The first kappa shape index (κ1) is 23.2. The van der Waals surface area contributed by atoms with E-state index in [1.807, 2.05) is 43.3 Å². The molecular weight excluding hydrogens is 454 g/mol. The Kier molecular flexibility index (Phi) is 6.95. The molecule has 2 aromatic carbocycles. The van der Waals surface area contributed by atoms with Crippen molar-refractivity contribution in [1.29, 1.82) is 0 Å². The number of Topliss-reactive ketones (excluding diaryl/α,β-unsaturated/α-hetero) is 1. The highest BCUT2D eigenvalue weighted by Gasteiger charge is 2.48. The summed E-state index contributed by atoms with van der Waals surface area (Å²) in [7, 11) is 0. The van der Waals surface area contributed by atoms with Crippen molar-refractivity contribution in [2.24, 2.45) is 0 Å². The van der Waals surface area contributed by atoms with Crippen LogP contribution < -0.4 is 4.90 Å². The van der Waals surface area contributed by atoms with Gasteiger partial charge in [0, 0.05) is 11.3 Å². The third-order valence-electron chi connectivity index (χ3n) is 5.50. The molecule has 0 spiro atoms. The number of amides is 1. The molecule has 0 saturated carbocycles. The van der Waals surface area contributed by atoms with E-state index in [2.05, 4.69) is 24.0 Å². The van der Waals surface area contributed by atoms with Crippen molar-refractivity contribution >= 4 is 45.7 Å². The predicted molar refractivity (Wildman–Crippen MR) is 133 cm³/mol. The van der Waals surface area contributed by atoms with Crippen molar-refractivity contribution in [3.05, 3.63) is 76.4 Å². The van der Waals surface area contributed by atoms with Crippen LogP contribution in [0.3, 0.4) is 0 Å². The molecule has 8 heteroatoms. The average Bonchev–Trinajstić information content (AvgIpc) is 3.40. The van der Waals surface area contributed by atoms with Gasteiger partial charge in [-0.15, -0.1) is 10.2 Å². The topological polar surface area (TPSA) is 83.4 Å². The van der Waals surface area contributed by atoms with Gasteiger partial charge in [-0.1, -0.05) is 91.0 Å². The molecule has 0 bridgehead atoms. The first-order valence-electron chi connectivity index (χ1n) is 10.9. The van der Waals surface area contributed by atoms with E-state index in [4.69, 9.17) is 0 Å². The Morgan fingerprint density at radius 1 is 1.06 bits per heavy atom. The highest BCUT2D eigenvalue weighted by atomic mass is 32.2. The zero-order valence-electron chi connectivity index (χ0n) is 18.7. The minimum Gasteiger partial charge on any atom is -0.507 e. The summed E-state index contributed by atoms with van der Waals surface area (Å²) in [6, 6.07) is 14.2. The number of rotatable bonds is 7. The predicted octanol–water partition coefficient (Wildman–Crippen LogP) is 5.54. The molecule has 1 atom stereocenters. The van der Waals surface area contributed by atoms with Gasteiger partial charge in [-0.2, -0.15) is 0 Å². The Morgan fingerprint density at radius 3 is 2.39 bits per heavy atom. The standard InChI is InChI=1S/C25H25N3O3S2/c1-4-14-32-25-27-26-24(33-25)28-20(17-12-8-16(5-2)9-13-17)19(22(30)23(28)31)21(29)18-10-6-15(3)7-11-18/h6-13,20,29H,4-5,14H2,1-3H3/b21-19-. The van der Waals surface area contributed by atoms with E-state index in [1.54, 1.807) is 23.9 Å². The number of aliphatic hydroxyl groups is 1. The molecule has 1 aliphatic rings. The maximum atomic E-state index is 13.2. The van der Waals surface area contributed by atoms with E-state index >= 15 is 0 Å². The third-order valence-corrected chi connectivity index (χ3v) is 7.77. The second kappa shape index (κ2) is 9.89. The van der Waals surface area contributed by atoms with Gasteiger partial charge in [-0.05, 0) is 30.9 Å². The molecule has 0 aliphatic carbocycles. The number of aryl methyl sites for hydroxylation is 2. The highest BCUT2D eigenvalue weighted by molar-refractivity contribution is 8.01. The zero-order chi connectivity index (χ0) is 23.5. The van der Waals surface area contributed by atoms with Gasteiger partial charge in [0.2, 0.25) is 5.13 Å². The number of hydrogen-bond acceptors (Lipinski definition) is 7. The van der Waals surface area contributed by atoms with E-state index in [-0.39, 0.29) is 11.3 Å². The van der Waals surface area contributed by atoms with Crippen molar-refractivity contribution in [1.82, 2.24) is 10.2 Å². The van der Waals surface area contributed by atoms with E-state index in [1.165, 1.54) is 16.2 Å². The minimum atomic E-state index is -0.783. The Hall–Kier alpha value is -2.97. The van der Waals surface area contributed by atoms with Crippen LogP contribution in [-0.4, -0.2) is 32.7 Å². The summed E-state index contributed by atoms with van der Waals surface area (Å²) < 4.78 is 0.743. The van der Waals surface area contributed by atoms with Crippen molar-refractivity contribution in [3.8, 4) is 0 Å². The highest BCUT2D eigenvalue weighted by Crippen LogP contribution is 2.43. The number of carbonyl (C=O) groups excluding carboxylic acids is 2. The van der Waals surface area contributed by atoms with E-state index < -0.39 is 17.7 Å². The monoisotopic (exact) mass is 479 g/mol. The quantitative estimate of drug-likeness (QED) is 0.158. The largest absolute Gasteiger partial charge is 0.507 e. The van der Waals surface area contributed by atoms with E-state index in [0.29, 0.717) is 10.7 Å². The second-order valence-corrected chi connectivity index (χ2v) is 10.1. The van der Waals surface area contributed by atoms with Crippen LogP contribution in [0.15, 0.2) is 58.4 Å². The van der Waals surface area contributed by atoms with Crippen LogP contribution in [0.5, 0.6) is 0 Å². The maximum Gasteiger partial charge on any atom is 0.301 e. The molecule has 1 fully saturated rings. The number of thioether (sulfide) groups is 1. The molecule has 1 saturated heterocycles. The summed E-state index contributed by atoms with van der Waals surface area (Å²) in [6.07, 6.45) is 1.86. The fourth-order valence-corrected chi connectivity index (χ4v) is 5.49. The fourth-order valence-electron chi connectivity index (χ4n) is 3.70. The van der Waals surface area contributed by atoms with Crippen LogP contribution in [0.2, 0.25) is 0 Å². The van der Waals surface area contributed by atoms with E-state index in [9.17, 15) is 14.7 Å². The number of ketones is 1. The van der Waals surface area contributed by atoms with Gasteiger partial charge < -0.3 is 5.11 Å². The molecule has 3 aromatic rings. The SMILES string of the molecule is CCCSc1nnc(N2C(=O)C(=O)/C(=C(\O)c3ccc(C)cc3)C2c2ccc(CC)cc2)s1. The summed E-state index contributed by atoms with van der Waals surface area (Å²) in [5.74, 6) is -0.736.